The van der Waals surface area contributed by atoms with Gasteiger partial charge in [-0.15, -0.1) is 0 Å². The number of rotatable bonds is 5. The number of benzene rings is 1. The van der Waals surface area contributed by atoms with E-state index in [1.54, 1.807) is 6.07 Å². The Morgan fingerprint density at radius 1 is 1.33 bits per heavy atom. The van der Waals surface area contributed by atoms with Gasteiger partial charge in [0, 0.05) is 16.6 Å². The summed E-state index contributed by atoms with van der Waals surface area (Å²) in [5, 5.41) is 2.72. The maximum absolute atomic E-state index is 11.8. The zero-order chi connectivity index (χ0) is 15.2. The van der Waals surface area contributed by atoms with Crippen molar-refractivity contribution in [2.45, 2.75) is 39.0 Å². The van der Waals surface area contributed by atoms with Crippen LogP contribution in [0.1, 0.15) is 37.7 Å². The van der Waals surface area contributed by atoms with E-state index in [1.165, 1.54) is 12.8 Å². The predicted molar refractivity (Wildman–Crippen MR) is 85.0 cm³/mol. The van der Waals surface area contributed by atoms with Gasteiger partial charge in [-0.2, -0.15) is 0 Å². The number of amides is 1. The SMILES string of the molecule is Cc1cc(NC(=O)COC(=O)CC2CCCC2)ccc1Br. The minimum absolute atomic E-state index is 0.222. The van der Waals surface area contributed by atoms with Crippen molar-refractivity contribution in [1.82, 2.24) is 0 Å². The predicted octanol–water partition coefficient (Wildman–Crippen LogP) is 3.82. The molecule has 0 atom stereocenters. The third kappa shape index (κ3) is 5.16. The summed E-state index contributed by atoms with van der Waals surface area (Å²) in [5.41, 5.74) is 1.73. The molecule has 0 spiro atoms. The molecule has 0 unspecified atom stereocenters. The number of esters is 1. The van der Waals surface area contributed by atoms with Crippen LogP contribution in [-0.2, 0) is 14.3 Å². The highest BCUT2D eigenvalue weighted by Crippen LogP contribution is 2.27. The molecule has 1 aromatic rings. The second-order valence-electron chi connectivity index (χ2n) is 5.53. The highest BCUT2D eigenvalue weighted by atomic mass is 79.9. The van der Waals surface area contributed by atoms with Gasteiger partial charge in [-0.05, 0) is 49.4 Å². The fraction of sp³-hybridized carbons (Fsp3) is 0.500. The van der Waals surface area contributed by atoms with Crippen molar-refractivity contribution in [1.29, 1.82) is 0 Å². The molecule has 0 saturated heterocycles. The van der Waals surface area contributed by atoms with Crippen LogP contribution in [0.2, 0.25) is 0 Å². The van der Waals surface area contributed by atoms with Crippen molar-refractivity contribution in [2.75, 3.05) is 11.9 Å². The Balaban J connectivity index is 1.73. The van der Waals surface area contributed by atoms with Gasteiger partial charge in [0.05, 0.1) is 0 Å². The normalized spacial score (nSPS) is 15.0. The summed E-state index contributed by atoms with van der Waals surface area (Å²) >= 11 is 3.40. The zero-order valence-corrected chi connectivity index (χ0v) is 13.7. The van der Waals surface area contributed by atoms with Crippen LogP contribution in [0.5, 0.6) is 0 Å². The van der Waals surface area contributed by atoms with Gasteiger partial charge < -0.3 is 10.1 Å². The number of nitrogens with one attached hydrogen (secondary N) is 1. The Labute approximate surface area is 133 Å². The van der Waals surface area contributed by atoms with Gasteiger partial charge in [0.1, 0.15) is 0 Å². The molecule has 2 rings (SSSR count). The highest BCUT2D eigenvalue weighted by molar-refractivity contribution is 9.10. The number of anilines is 1. The average Bonchev–Trinajstić information content (AvgIpc) is 2.93. The standard InChI is InChI=1S/C16H20BrNO3/c1-11-8-13(6-7-14(11)17)18-15(19)10-21-16(20)9-12-4-2-3-5-12/h6-8,12H,2-5,9-10H2,1H3,(H,18,19). The van der Waals surface area contributed by atoms with E-state index in [9.17, 15) is 9.59 Å². The molecule has 0 radical (unpaired) electrons. The molecular formula is C16H20BrNO3. The minimum atomic E-state index is -0.309. The maximum Gasteiger partial charge on any atom is 0.306 e. The second-order valence-corrected chi connectivity index (χ2v) is 6.38. The topological polar surface area (TPSA) is 55.4 Å². The Morgan fingerprint density at radius 2 is 2.05 bits per heavy atom. The van der Waals surface area contributed by atoms with Gasteiger partial charge >= 0.3 is 5.97 Å². The molecule has 21 heavy (non-hydrogen) atoms. The van der Waals surface area contributed by atoms with Crippen molar-refractivity contribution >= 4 is 33.5 Å². The van der Waals surface area contributed by atoms with Gasteiger partial charge in [0.25, 0.3) is 5.91 Å². The van der Waals surface area contributed by atoms with Crippen LogP contribution in [0.25, 0.3) is 0 Å². The van der Waals surface area contributed by atoms with Crippen LogP contribution in [0.15, 0.2) is 22.7 Å². The van der Waals surface area contributed by atoms with Crippen molar-refractivity contribution in [3.8, 4) is 0 Å². The first-order valence-electron chi connectivity index (χ1n) is 7.26. The van der Waals surface area contributed by atoms with Gasteiger partial charge in [-0.3, -0.25) is 9.59 Å². The van der Waals surface area contributed by atoms with E-state index in [-0.39, 0.29) is 18.5 Å². The first kappa shape index (κ1) is 16.0. The third-order valence-corrected chi connectivity index (χ3v) is 4.63. The number of hydrogen-bond acceptors (Lipinski definition) is 3. The van der Waals surface area contributed by atoms with Crippen LogP contribution in [0.3, 0.4) is 0 Å². The highest BCUT2D eigenvalue weighted by Gasteiger charge is 2.19. The molecule has 1 aromatic carbocycles. The summed E-state index contributed by atoms with van der Waals surface area (Å²) in [7, 11) is 0. The van der Waals surface area contributed by atoms with Crippen molar-refractivity contribution in [2.24, 2.45) is 5.92 Å². The summed E-state index contributed by atoms with van der Waals surface area (Å²) in [4.78, 5) is 23.4. The summed E-state index contributed by atoms with van der Waals surface area (Å²) < 4.78 is 6.02. The molecule has 1 saturated carbocycles. The molecule has 0 bridgehead atoms. The molecule has 0 aliphatic heterocycles. The Bertz CT molecular complexity index is 524. The molecule has 1 N–H and O–H groups in total. The maximum atomic E-state index is 11.8. The quantitative estimate of drug-likeness (QED) is 0.818. The minimum Gasteiger partial charge on any atom is -0.456 e. The lowest BCUT2D eigenvalue weighted by atomic mass is 10.1. The van der Waals surface area contributed by atoms with E-state index in [0.717, 1.165) is 22.9 Å². The molecule has 1 amide bonds. The van der Waals surface area contributed by atoms with Gasteiger partial charge in [-0.1, -0.05) is 28.8 Å². The van der Waals surface area contributed by atoms with E-state index < -0.39 is 0 Å². The number of aryl methyl sites for hydroxylation is 1. The van der Waals surface area contributed by atoms with E-state index in [2.05, 4.69) is 21.2 Å². The van der Waals surface area contributed by atoms with Crippen molar-refractivity contribution in [3.05, 3.63) is 28.2 Å². The third-order valence-electron chi connectivity index (χ3n) is 3.74. The number of carbonyl (C=O) groups is 2. The molecule has 0 heterocycles. The van der Waals surface area contributed by atoms with Crippen LogP contribution >= 0.6 is 15.9 Å². The van der Waals surface area contributed by atoms with Crippen LogP contribution in [0, 0.1) is 12.8 Å². The van der Waals surface area contributed by atoms with Crippen molar-refractivity contribution < 1.29 is 14.3 Å². The molecule has 0 aromatic heterocycles. The first-order chi connectivity index (χ1) is 10.0. The van der Waals surface area contributed by atoms with E-state index in [4.69, 9.17) is 4.74 Å². The van der Waals surface area contributed by atoms with E-state index in [0.29, 0.717) is 18.0 Å². The summed E-state index contributed by atoms with van der Waals surface area (Å²) in [6, 6.07) is 5.54. The zero-order valence-electron chi connectivity index (χ0n) is 12.2. The van der Waals surface area contributed by atoms with Crippen LogP contribution in [0.4, 0.5) is 5.69 Å². The first-order valence-corrected chi connectivity index (χ1v) is 8.05. The molecule has 1 aliphatic carbocycles. The van der Waals surface area contributed by atoms with Crippen LogP contribution in [-0.4, -0.2) is 18.5 Å². The smallest absolute Gasteiger partial charge is 0.306 e. The molecule has 114 valence electrons. The molecule has 1 fully saturated rings. The monoisotopic (exact) mass is 353 g/mol. The number of carbonyl (C=O) groups excluding carboxylic acids is 2. The summed E-state index contributed by atoms with van der Waals surface area (Å²) in [6.45, 7) is 1.72. The van der Waals surface area contributed by atoms with E-state index >= 15 is 0 Å². The number of hydrogen-bond donors (Lipinski definition) is 1. The lowest BCUT2D eigenvalue weighted by Gasteiger charge is -2.10. The Hall–Kier alpha value is -1.36. The molecule has 4 nitrogen and oxygen atoms in total. The lowest BCUT2D eigenvalue weighted by molar-refractivity contribution is -0.148. The van der Waals surface area contributed by atoms with E-state index in [1.807, 2.05) is 19.1 Å². The molecule has 1 aliphatic rings. The largest absolute Gasteiger partial charge is 0.456 e. The number of halogens is 1. The molecular weight excluding hydrogens is 334 g/mol. The van der Waals surface area contributed by atoms with Gasteiger partial charge in [-0.25, -0.2) is 0 Å². The summed E-state index contributed by atoms with van der Waals surface area (Å²) in [6.07, 6.45) is 5.02. The van der Waals surface area contributed by atoms with Crippen molar-refractivity contribution in [3.63, 3.8) is 0 Å². The number of ether oxygens (including phenoxy) is 1. The fourth-order valence-corrected chi connectivity index (χ4v) is 2.82. The second kappa shape index (κ2) is 7.59. The van der Waals surface area contributed by atoms with Gasteiger partial charge in [0.2, 0.25) is 0 Å². The Morgan fingerprint density at radius 3 is 2.71 bits per heavy atom. The molecule has 5 heteroatoms. The fourth-order valence-electron chi connectivity index (χ4n) is 2.57. The lowest BCUT2D eigenvalue weighted by Crippen LogP contribution is -2.21. The summed E-state index contributed by atoms with van der Waals surface area (Å²) in [5.74, 6) is -0.143. The van der Waals surface area contributed by atoms with Gasteiger partial charge in [0.15, 0.2) is 6.61 Å². The van der Waals surface area contributed by atoms with Crippen LogP contribution < -0.4 is 5.32 Å². The Kier molecular flexibility index (Phi) is 5.79. The average molecular weight is 354 g/mol.